The first-order chi connectivity index (χ1) is 26.0. The summed E-state index contributed by atoms with van der Waals surface area (Å²) >= 11 is 0. The molecule has 0 saturated heterocycles. The Bertz CT molecular complexity index is 1540. The van der Waals surface area contributed by atoms with Crippen molar-refractivity contribution in [2.24, 2.45) is 64.1 Å². The summed E-state index contributed by atoms with van der Waals surface area (Å²) in [5, 5.41) is 60.1. The summed E-state index contributed by atoms with van der Waals surface area (Å²) in [5.41, 5.74) is -4.55. The van der Waals surface area contributed by atoms with E-state index in [-0.39, 0.29) is 30.1 Å². The maximum Gasteiger partial charge on any atom is 0.331 e. The average molecular weight is 749 g/mol. The largest absolute Gasteiger partial charge is 0.450 e. The van der Waals surface area contributed by atoms with Crippen molar-refractivity contribution in [3.8, 4) is 0 Å². The zero-order valence-electron chi connectivity index (χ0n) is 32.9. The molecule has 0 spiro atoms. The number of carbonyl (C=O) groups excluding carboxylic acids is 2. The highest BCUT2D eigenvalue weighted by molar-refractivity contribution is 5.87. The number of aliphatic hydroxyl groups is 4. The maximum atomic E-state index is 14.2. The minimum Gasteiger partial charge on any atom is -0.450 e. The second-order valence-corrected chi connectivity index (χ2v) is 20.2. The summed E-state index contributed by atoms with van der Waals surface area (Å²) in [6.45, 7) is 4.55. The van der Waals surface area contributed by atoms with Crippen LogP contribution in [0.4, 0.5) is 0 Å². The van der Waals surface area contributed by atoms with Crippen LogP contribution in [0, 0.1) is 64.1 Å². The normalized spacial score (nSPS) is 49.3. The Morgan fingerprint density at radius 1 is 0.907 bits per heavy atom. The fourth-order valence-corrected chi connectivity index (χ4v) is 16.4. The van der Waals surface area contributed by atoms with E-state index in [0.717, 1.165) is 69.0 Å². The molecule has 0 bridgehead atoms. The van der Waals surface area contributed by atoms with Gasteiger partial charge in [-0.2, -0.15) is 0 Å². The van der Waals surface area contributed by atoms with Crippen molar-refractivity contribution in [2.45, 2.75) is 152 Å². The highest BCUT2D eigenvalue weighted by Gasteiger charge is 2.83. The van der Waals surface area contributed by atoms with E-state index in [2.05, 4.69) is 23.6 Å². The van der Waals surface area contributed by atoms with Crippen molar-refractivity contribution in [3.63, 3.8) is 0 Å². The van der Waals surface area contributed by atoms with Gasteiger partial charge >= 0.3 is 5.97 Å². The van der Waals surface area contributed by atoms with Crippen LogP contribution in [0.15, 0.2) is 23.3 Å². The predicted octanol–water partition coefficient (Wildman–Crippen LogP) is 5.00. The summed E-state index contributed by atoms with van der Waals surface area (Å²) < 4.78 is 6.09. The molecule has 0 aromatic carbocycles. The van der Waals surface area contributed by atoms with E-state index in [1.54, 1.807) is 6.08 Å². The molecule has 9 aliphatic rings. The Kier molecular flexibility index (Phi) is 9.66. The van der Waals surface area contributed by atoms with Gasteiger partial charge in [0.1, 0.15) is 18.0 Å². The zero-order chi connectivity index (χ0) is 37.7. The quantitative estimate of drug-likeness (QED) is 0.0831. The smallest absolute Gasteiger partial charge is 0.331 e. The molecule has 0 aromatic heterocycles. The second kappa shape index (κ2) is 13.8. The number of carbonyl (C=O) groups is 2. The summed E-state index contributed by atoms with van der Waals surface area (Å²) in [5.74, 6) is -0.428. The number of hydrogen-bond donors (Lipinski definition) is 6. The molecule has 1 aliphatic heterocycles. The van der Waals surface area contributed by atoms with Gasteiger partial charge in [0, 0.05) is 43.0 Å². The van der Waals surface area contributed by atoms with Gasteiger partial charge in [0.2, 0.25) is 0 Å². The number of ether oxygens (including phenoxy) is 1. The summed E-state index contributed by atoms with van der Waals surface area (Å²) in [6.07, 6.45) is 19.0. The number of aliphatic hydroxyl groups excluding tert-OH is 1. The Morgan fingerprint density at radius 3 is 2.41 bits per heavy atom. The molecule has 0 radical (unpaired) electrons. The number of nitrogens with one attached hydrogen (secondary N) is 2. The number of fused-ring (bicyclic) bond motifs is 8. The van der Waals surface area contributed by atoms with E-state index in [1.807, 2.05) is 7.05 Å². The number of rotatable bonds is 9. The molecule has 9 rings (SSSR count). The molecule has 8 aliphatic carbocycles. The molecule has 14 atom stereocenters. The third-order valence-corrected chi connectivity index (χ3v) is 18.5. The van der Waals surface area contributed by atoms with E-state index in [1.165, 1.54) is 25.7 Å². The lowest BCUT2D eigenvalue weighted by Gasteiger charge is -2.72. The first-order valence-electron chi connectivity index (χ1n) is 22.3. The maximum absolute atomic E-state index is 14.2. The van der Waals surface area contributed by atoms with Crippen molar-refractivity contribution in [3.05, 3.63) is 23.3 Å². The van der Waals surface area contributed by atoms with Crippen LogP contribution < -0.4 is 10.6 Å². The molecule has 7 saturated carbocycles. The van der Waals surface area contributed by atoms with Gasteiger partial charge < -0.3 is 40.6 Å². The fourth-order valence-electron chi connectivity index (χ4n) is 16.4. The van der Waals surface area contributed by atoms with Crippen molar-refractivity contribution < 1.29 is 34.8 Å². The molecule has 300 valence electrons. The van der Waals surface area contributed by atoms with Gasteiger partial charge in [-0.3, -0.25) is 0 Å². The molecule has 9 heteroatoms. The monoisotopic (exact) mass is 749 g/mol. The molecule has 9 nitrogen and oxygen atoms in total. The molecular formula is C45H68N2O7. The topological polar surface area (TPSA) is 148 Å². The highest BCUT2D eigenvalue weighted by atomic mass is 16.5. The van der Waals surface area contributed by atoms with Crippen LogP contribution in [-0.4, -0.2) is 88.4 Å². The number of likely N-dealkylation sites (N-methyl/N-ethyl adjacent to an activating group) is 1. The summed E-state index contributed by atoms with van der Waals surface area (Å²) in [4.78, 5) is 27.3. The molecule has 54 heavy (non-hydrogen) atoms. The van der Waals surface area contributed by atoms with Gasteiger partial charge in [0.15, 0.2) is 0 Å². The first kappa shape index (κ1) is 37.9. The number of allylic oxidation sites excluding steroid dienone is 1. The SMILES string of the molecule is CNCCNCC1=C[C@@H]2C[C@@]3(O)[C@](C4CCCCC4)(CC[C@H]4[C@@]3(O)C[C@@H]3C[C@@H]([C@@H](C)C5CCCC5)CC[C@H]5[C@@H](O)CC[C@@]4(C=O)[C@]35O)[C@H]2C2=CC(=O)O[C@@H]12. The van der Waals surface area contributed by atoms with Gasteiger partial charge in [-0.05, 0) is 130 Å². The third kappa shape index (κ3) is 5.02. The summed E-state index contributed by atoms with van der Waals surface area (Å²) in [6, 6.07) is 0. The molecular weight excluding hydrogens is 681 g/mol. The Hall–Kier alpha value is -1.62. The standard InChI is InChI=1S/C45H68N2O7/c1-27(28-8-6-7-9-28)29-12-13-35-36(49)14-16-41(26-48)37-15-17-42(32-10-4-3-5-11-32)39-30(23-44(42,52)43(37,51)24-33(21-29)45(35,41)53)20-31(25-47-19-18-46-2)40-34(39)22-38(50)54-40/h20,22,26-30,32-33,35-37,39-40,46-47,49,51-53H,3-19,21,23-25H2,1-2H3/t27-,29-,30+,33-,35-,36-,37+,39+,40-,41-,42-,43-,44+,45-/m0/s1. The minimum atomic E-state index is -1.62. The van der Waals surface area contributed by atoms with Crippen LogP contribution in [0.5, 0.6) is 0 Å². The lowest BCUT2D eigenvalue weighted by molar-refractivity contribution is -0.349. The van der Waals surface area contributed by atoms with Crippen LogP contribution in [0.1, 0.15) is 122 Å². The Morgan fingerprint density at radius 2 is 1.67 bits per heavy atom. The summed E-state index contributed by atoms with van der Waals surface area (Å²) in [7, 11) is 1.93. The van der Waals surface area contributed by atoms with Gasteiger partial charge in [0.25, 0.3) is 0 Å². The Labute approximate surface area is 322 Å². The van der Waals surface area contributed by atoms with Gasteiger partial charge in [-0.15, -0.1) is 0 Å². The van der Waals surface area contributed by atoms with Crippen molar-refractivity contribution >= 4 is 12.3 Å². The van der Waals surface area contributed by atoms with E-state index in [9.17, 15) is 30.0 Å². The van der Waals surface area contributed by atoms with Crippen LogP contribution >= 0.6 is 0 Å². The van der Waals surface area contributed by atoms with E-state index in [4.69, 9.17) is 4.74 Å². The number of aldehydes is 1. The molecule has 0 amide bonds. The average Bonchev–Trinajstić information content (AvgIpc) is 3.88. The Balaban J connectivity index is 1.18. The molecule has 0 aromatic rings. The first-order valence-corrected chi connectivity index (χ1v) is 22.3. The minimum absolute atomic E-state index is 0.0870. The van der Waals surface area contributed by atoms with Crippen LogP contribution in [-0.2, 0) is 14.3 Å². The number of hydrogen-bond acceptors (Lipinski definition) is 9. The third-order valence-electron chi connectivity index (χ3n) is 18.5. The van der Waals surface area contributed by atoms with Gasteiger partial charge in [-0.25, -0.2) is 4.79 Å². The van der Waals surface area contributed by atoms with E-state index >= 15 is 0 Å². The number of esters is 1. The highest BCUT2D eigenvalue weighted by Crippen LogP contribution is 2.78. The molecule has 0 unspecified atom stereocenters. The molecule has 1 heterocycles. The van der Waals surface area contributed by atoms with Gasteiger partial charge in [-0.1, -0.05) is 57.9 Å². The lowest BCUT2D eigenvalue weighted by Crippen LogP contribution is -2.81. The molecule has 6 N–H and O–H groups in total. The zero-order valence-corrected chi connectivity index (χ0v) is 32.9. The lowest BCUT2D eigenvalue weighted by atomic mass is 9.35. The van der Waals surface area contributed by atoms with Crippen molar-refractivity contribution in [2.75, 3.05) is 26.7 Å². The second-order valence-electron chi connectivity index (χ2n) is 20.2. The fraction of sp³-hybridized carbons (Fsp3) is 0.867. The van der Waals surface area contributed by atoms with Crippen LogP contribution in [0.2, 0.25) is 0 Å². The van der Waals surface area contributed by atoms with Crippen LogP contribution in [0.3, 0.4) is 0 Å². The van der Waals surface area contributed by atoms with Crippen LogP contribution in [0.25, 0.3) is 0 Å². The van der Waals surface area contributed by atoms with Gasteiger partial charge in [0.05, 0.1) is 22.7 Å². The molecule has 7 fully saturated rings. The van der Waals surface area contributed by atoms with E-state index in [0.29, 0.717) is 69.2 Å². The van der Waals surface area contributed by atoms with E-state index < -0.39 is 57.6 Å². The van der Waals surface area contributed by atoms with Crippen molar-refractivity contribution in [1.82, 2.24) is 10.6 Å². The predicted molar refractivity (Wildman–Crippen MR) is 205 cm³/mol. The van der Waals surface area contributed by atoms with Crippen molar-refractivity contribution in [1.29, 1.82) is 0 Å².